The summed E-state index contributed by atoms with van der Waals surface area (Å²) < 4.78 is 10.4. The van der Waals surface area contributed by atoms with Crippen LogP contribution in [0.25, 0.3) is 0 Å². The first-order chi connectivity index (χ1) is 9.15. The summed E-state index contributed by atoms with van der Waals surface area (Å²) in [5.74, 6) is 0.690. The van der Waals surface area contributed by atoms with Crippen molar-refractivity contribution in [1.82, 2.24) is 5.32 Å². The van der Waals surface area contributed by atoms with Gasteiger partial charge >= 0.3 is 0 Å². The molecular formula is C14H22N2O3. The topological polar surface area (TPSA) is 59.6 Å². The van der Waals surface area contributed by atoms with Gasteiger partial charge in [-0.1, -0.05) is 0 Å². The summed E-state index contributed by atoms with van der Waals surface area (Å²) >= 11 is 0. The van der Waals surface area contributed by atoms with Crippen LogP contribution in [0.5, 0.6) is 5.75 Å². The summed E-state index contributed by atoms with van der Waals surface area (Å²) in [5.41, 5.74) is 0.755. The van der Waals surface area contributed by atoms with E-state index in [4.69, 9.17) is 9.47 Å². The van der Waals surface area contributed by atoms with Crippen molar-refractivity contribution in [3.05, 3.63) is 24.3 Å². The Morgan fingerprint density at radius 3 is 2.58 bits per heavy atom. The zero-order chi connectivity index (χ0) is 14.1. The molecule has 0 heterocycles. The summed E-state index contributed by atoms with van der Waals surface area (Å²) in [7, 11) is 1.61. The molecule has 1 atom stereocenters. The Balaban J connectivity index is 2.26. The number of methoxy groups -OCH3 is 1. The molecule has 5 nitrogen and oxygen atoms in total. The Bertz CT molecular complexity index is 379. The zero-order valence-electron chi connectivity index (χ0n) is 11.7. The summed E-state index contributed by atoms with van der Waals surface area (Å²) in [6, 6.07) is 7.22. The normalized spacial score (nSPS) is 11.9. The highest BCUT2D eigenvalue weighted by Gasteiger charge is 2.04. The number of rotatable bonds is 8. The summed E-state index contributed by atoms with van der Waals surface area (Å²) in [5, 5.41) is 5.85. The first-order valence-corrected chi connectivity index (χ1v) is 6.42. The average Bonchev–Trinajstić information content (AvgIpc) is 2.40. The molecule has 19 heavy (non-hydrogen) atoms. The highest BCUT2D eigenvalue weighted by molar-refractivity contribution is 5.92. The van der Waals surface area contributed by atoms with Crippen molar-refractivity contribution in [2.75, 3.05) is 32.1 Å². The van der Waals surface area contributed by atoms with E-state index in [0.717, 1.165) is 11.4 Å². The fourth-order valence-corrected chi connectivity index (χ4v) is 1.61. The molecule has 0 saturated heterocycles. The van der Waals surface area contributed by atoms with E-state index < -0.39 is 0 Å². The van der Waals surface area contributed by atoms with Gasteiger partial charge in [0.25, 0.3) is 0 Å². The molecule has 5 heteroatoms. The molecule has 0 bridgehead atoms. The second kappa shape index (κ2) is 8.50. The number of carbonyl (C=O) groups excluding carboxylic acids is 1. The Kier molecular flexibility index (Phi) is 6.92. The third-order valence-corrected chi connectivity index (χ3v) is 2.54. The number of anilines is 1. The number of ether oxygens (including phenoxy) is 2. The predicted octanol–water partition coefficient (Wildman–Crippen LogP) is 1.65. The SMILES string of the molecule is CCOC(C)CNCC(=O)Nc1ccc(OC)cc1. The number of carbonyl (C=O) groups is 1. The molecule has 106 valence electrons. The minimum absolute atomic E-state index is 0.0751. The Hall–Kier alpha value is -1.59. The Morgan fingerprint density at radius 2 is 2.00 bits per heavy atom. The highest BCUT2D eigenvalue weighted by atomic mass is 16.5. The van der Waals surface area contributed by atoms with Gasteiger partial charge in [-0.2, -0.15) is 0 Å². The quantitative estimate of drug-likeness (QED) is 0.751. The van der Waals surface area contributed by atoms with Gasteiger partial charge in [0.1, 0.15) is 5.75 Å². The molecule has 0 aromatic heterocycles. The van der Waals surface area contributed by atoms with Gasteiger partial charge in [-0.05, 0) is 38.1 Å². The minimum Gasteiger partial charge on any atom is -0.497 e. The molecule has 0 spiro atoms. The molecule has 0 aliphatic carbocycles. The van der Waals surface area contributed by atoms with Crippen LogP contribution in [-0.2, 0) is 9.53 Å². The van der Waals surface area contributed by atoms with E-state index in [1.807, 2.05) is 13.8 Å². The number of hydrogen-bond donors (Lipinski definition) is 2. The van der Waals surface area contributed by atoms with Crippen LogP contribution in [0.1, 0.15) is 13.8 Å². The van der Waals surface area contributed by atoms with E-state index in [2.05, 4.69) is 10.6 Å². The molecular weight excluding hydrogens is 244 g/mol. The van der Waals surface area contributed by atoms with Gasteiger partial charge in [-0.25, -0.2) is 0 Å². The van der Waals surface area contributed by atoms with E-state index in [1.165, 1.54) is 0 Å². The van der Waals surface area contributed by atoms with E-state index in [1.54, 1.807) is 31.4 Å². The second-order valence-corrected chi connectivity index (χ2v) is 4.17. The third-order valence-electron chi connectivity index (χ3n) is 2.54. The lowest BCUT2D eigenvalue weighted by Gasteiger charge is -2.12. The monoisotopic (exact) mass is 266 g/mol. The largest absolute Gasteiger partial charge is 0.497 e. The lowest BCUT2D eigenvalue weighted by Crippen LogP contribution is -2.33. The molecule has 1 amide bonds. The lowest BCUT2D eigenvalue weighted by molar-refractivity contribution is -0.115. The van der Waals surface area contributed by atoms with Gasteiger partial charge < -0.3 is 20.1 Å². The second-order valence-electron chi connectivity index (χ2n) is 4.17. The summed E-state index contributed by atoms with van der Waals surface area (Å²) in [6.45, 7) is 5.53. The van der Waals surface area contributed by atoms with Gasteiger partial charge in [0.15, 0.2) is 0 Å². The molecule has 0 aliphatic heterocycles. The van der Waals surface area contributed by atoms with E-state index >= 15 is 0 Å². The maximum absolute atomic E-state index is 11.7. The van der Waals surface area contributed by atoms with Crippen molar-refractivity contribution in [3.8, 4) is 5.75 Å². The molecule has 0 aliphatic rings. The molecule has 2 N–H and O–H groups in total. The molecule has 1 unspecified atom stereocenters. The van der Waals surface area contributed by atoms with Gasteiger partial charge in [0.05, 0.1) is 19.8 Å². The zero-order valence-corrected chi connectivity index (χ0v) is 11.7. The number of nitrogens with one attached hydrogen (secondary N) is 2. The van der Waals surface area contributed by atoms with Crippen LogP contribution in [0.4, 0.5) is 5.69 Å². The van der Waals surface area contributed by atoms with Gasteiger partial charge in [0.2, 0.25) is 5.91 Å². The van der Waals surface area contributed by atoms with Crippen molar-refractivity contribution in [3.63, 3.8) is 0 Å². The summed E-state index contributed by atoms with van der Waals surface area (Å²) in [6.07, 6.45) is 0.110. The molecule has 0 radical (unpaired) electrons. The van der Waals surface area contributed by atoms with Crippen molar-refractivity contribution in [2.24, 2.45) is 0 Å². The van der Waals surface area contributed by atoms with Crippen molar-refractivity contribution < 1.29 is 14.3 Å². The summed E-state index contributed by atoms with van der Waals surface area (Å²) in [4.78, 5) is 11.7. The maximum Gasteiger partial charge on any atom is 0.238 e. The molecule has 0 saturated carbocycles. The van der Waals surface area contributed by atoms with Crippen LogP contribution < -0.4 is 15.4 Å². The van der Waals surface area contributed by atoms with Crippen molar-refractivity contribution in [1.29, 1.82) is 0 Å². The fraction of sp³-hybridized carbons (Fsp3) is 0.500. The molecule has 1 aromatic carbocycles. The molecule has 1 aromatic rings. The van der Waals surface area contributed by atoms with Crippen molar-refractivity contribution in [2.45, 2.75) is 20.0 Å². The van der Waals surface area contributed by atoms with Crippen LogP contribution in [0.15, 0.2) is 24.3 Å². The van der Waals surface area contributed by atoms with Gasteiger partial charge in [-0.3, -0.25) is 4.79 Å². The fourth-order valence-electron chi connectivity index (χ4n) is 1.61. The maximum atomic E-state index is 11.7. The predicted molar refractivity (Wildman–Crippen MR) is 75.6 cm³/mol. The smallest absolute Gasteiger partial charge is 0.238 e. The Labute approximate surface area is 114 Å². The van der Waals surface area contributed by atoms with Crippen LogP contribution in [0, 0.1) is 0 Å². The number of benzene rings is 1. The highest BCUT2D eigenvalue weighted by Crippen LogP contribution is 2.14. The first-order valence-electron chi connectivity index (χ1n) is 6.42. The molecule has 0 fully saturated rings. The van der Waals surface area contributed by atoms with Crippen LogP contribution >= 0.6 is 0 Å². The molecule has 1 rings (SSSR count). The number of hydrogen-bond acceptors (Lipinski definition) is 4. The average molecular weight is 266 g/mol. The number of amides is 1. The van der Waals surface area contributed by atoms with E-state index in [9.17, 15) is 4.79 Å². The van der Waals surface area contributed by atoms with Crippen LogP contribution in [-0.4, -0.2) is 38.8 Å². The van der Waals surface area contributed by atoms with E-state index in [-0.39, 0.29) is 18.6 Å². The minimum atomic E-state index is -0.0751. The van der Waals surface area contributed by atoms with Gasteiger partial charge in [0, 0.05) is 18.8 Å². The van der Waals surface area contributed by atoms with Crippen LogP contribution in [0.2, 0.25) is 0 Å². The van der Waals surface area contributed by atoms with Crippen molar-refractivity contribution >= 4 is 11.6 Å². The third kappa shape index (κ3) is 6.22. The Morgan fingerprint density at radius 1 is 1.32 bits per heavy atom. The van der Waals surface area contributed by atoms with E-state index in [0.29, 0.717) is 13.2 Å². The lowest BCUT2D eigenvalue weighted by atomic mass is 10.3. The van der Waals surface area contributed by atoms with Gasteiger partial charge in [-0.15, -0.1) is 0 Å². The first kappa shape index (κ1) is 15.5. The van der Waals surface area contributed by atoms with Crippen LogP contribution in [0.3, 0.4) is 0 Å². The standard InChI is InChI=1S/C14H22N2O3/c1-4-19-11(2)9-15-10-14(17)16-12-5-7-13(18-3)8-6-12/h5-8,11,15H,4,9-10H2,1-3H3,(H,16,17).